The minimum Gasteiger partial charge on any atom is -0.396 e. The van der Waals surface area contributed by atoms with Gasteiger partial charge in [-0.15, -0.1) is 0 Å². The van der Waals surface area contributed by atoms with E-state index in [1.54, 1.807) is 0 Å². The highest BCUT2D eigenvalue weighted by molar-refractivity contribution is 6.31. The van der Waals surface area contributed by atoms with Gasteiger partial charge < -0.3 is 15.0 Å². The number of fused-ring (bicyclic) bond motifs is 1. The Labute approximate surface area is 135 Å². The van der Waals surface area contributed by atoms with Gasteiger partial charge in [0.2, 0.25) is 5.91 Å². The van der Waals surface area contributed by atoms with Crippen molar-refractivity contribution in [1.29, 1.82) is 0 Å². The van der Waals surface area contributed by atoms with Crippen molar-refractivity contribution in [1.82, 2.24) is 9.88 Å². The predicted molar refractivity (Wildman–Crippen MR) is 88.1 cm³/mol. The fraction of sp³-hybridized carbons (Fsp3) is 0.471. The zero-order valence-electron chi connectivity index (χ0n) is 12.5. The van der Waals surface area contributed by atoms with Gasteiger partial charge in [0.25, 0.3) is 0 Å². The van der Waals surface area contributed by atoms with Gasteiger partial charge in [-0.2, -0.15) is 0 Å². The molecule has 0 aliphatic carbocycles. The summed E-state index contributed by atoms with van der Waals surface area (Å²) in [5, 5.41) is 10.7. The summed E-state index contributed by atoms with van der Waals surface area (Å²) in [7, 11) is 0. The molecule has 0 spiro atoms. The lowest BCUT2D eigenvalue weighted by atomic mass is 10.1. The average molecular weight is 321 g/mol. The van der Waals surface area contributed by atoms with Gasteiger partial charge in [0.1, 0.15) is 0 Å². The van der Waals surface area contributed by atoms with Crippen molar-refractivity contribution in [2.24, 2.45) is 0 Å². The van der Waals surface area contributed by atoms with Crippen LogP contribution in [-0.4, -0.2) is 40.1 Å². The van der Waals surface area contributed by atoms with Gasteiger partial charge in [-0.25, -0.2) is 0 Å². The number of aromatic nitrogens is 1. The minimum atomic E-state index is 0.177. The molecule has 5 heteroatoms. The molecule has 1 aromatic heterocycles. The fourth-order valence-electron chi connectivity index (χ4n) is 3.36. The van der Waals surface area contributed by atoms with E-state index in [0.717, 1.165) is 48.7 Å². The van der Waals surface area contributed by atoms with E-state index in [1.165, 1.54) is 0 Å². The van der Waals surface area contributed by atoms with Gasteiger partial charge in [0.05, 0.1) is 6.42 Å². The first-order valence-electron chi connectivity index (χ1n) is 7.85. The first-order chi connectivity index (χ1) is 10.7. The molecule has 1 saturated heterocycles. The lowest BCUT2D eigenvalue weighted by molar-refractivity contribution is -0.131. The Bertz CT molecular complexity index is 668. The van der Waals surface area contributed by atoms with Crippen LogP contribution in [0.4, 0.5) is 0 Å². The highest BCUT2D eigenvalue weighted by Gasteiger charge is 2.28. The second-order valence-electron chi connectivity index (χ2n) is 5.93. The summed E-state index contributed by atoms with van der Waals surface area (Å²) in [5.74, 6) is 0.177. The van der Waals surface area contributed by atoms with E-state index in [-0.39, 0.29) is 12.5 Å². The van der Waals surface area contributed by atoms with E-state index in [0.29, 0.717) is 17.5 Å². The zero-order valence-corrected chi connectivity index (χ0v) is 13.3. The lowest BCUT2D eigenvalue weighted by Crippen LogP contribution is -2.36. The molecular weight excluding hydrogens is 300 g/mol. The number of aliphatic hydroxyl groups excluding tert-OH is 1. The Morgan fingerprint density at radius 1 is 1.45 bits per heavy atom. The molecule has 1 amide bonds. The van der Waals surface area contributed by atoms with Gasteiger partial charge in [0.15, 0.2) is 0 Å². The third-order valence-electron chi connectivity index (χ3n) is 4.46. The van der Waals surface area contributed by atoms with Crippen LogP contribution in [-0.2, 0) is 11.2 Å². The van der Waals surface area contributed by atoms with Crippen LogP contribution in [0.5, 0.6) is 0 Å². The molecular formula is C17H21ClN2O2. The number of nitrogens with one attached hydrogen (secondary N) is 1. The van der Waals surface area contributed by atoms with Crippen molar-refractivity contribution in [3.05, 3.63) is 35.0 Å². The number of aliphatic hydroxyl groups is 1. The molecule has 1 aliphatic heterocycles. The standard InChI is InChI=1S/C17H21ClN2O2/c18-13-5-6-15-12(11-19-16(15)10-13)9-17(22)20-7-1-3-14(20)4-2-8-21/h5-6,10-11,14,19,21H,1-4,7-9H2. The molecule has 0 bridgehead atoms. The van der Waals surface area contributed by atoms with Crippen molar-refractivity contribution >= 4 is 28.4 Å². The van der Waals surface area contributed by atoms with Crippen molar-refractivity contribution in [2.75, 3.05) is 13.2 Å². The first kappa shape index (κ1) is 15.4. The second kappa shape index (κ2) is 6.71. The molecule has 1 unspecified atom stereocenters. The predicted octanol–water partition coefficient (Wildman–Crippen LogP) is 3.13. The second-order valence-corrected chi connectivity index (χ2v) is 6.37. The maximum absolute atomic E-state index is 12.6. The number of benzene rings is 1. The van der Waals surface area contributed by atoms with Gasteiger partial charge in [-0.1, -0.05) is 17.7 Å². The maximum atomic E-state index is 12.6. The number of H-pyrrole nitrogens is 1. The highest BCUT2D eigenvalue weighted by atomic mass is 35.5. The number of carbonyl (C=O) groups excluding carboxylic acids is 1. The maximum Gasteiger partial charge on any atom is 0.227 e. The summed E-state index contributed by atoms with van der Waals surface area (Å²) >= 11 is 5.99. The third kappa shape index (κ3) is 3.13. The summed E-state index contributed by atoms with van der Waals surface area (Å²) in [6.45, 7) is 1.03. The minimum absolute atomic E-state index is 0.177. The van der Waals surface area contributed by atoms with E-state index in [1.807, 2.05) is 29.3 Å². The van der Waals surface area contributed by atoms with Crippen LogP contribution >= 0.6 is 11.6 Å². The number of hydrogen-bond donors (Lipinski definition) is 2. The molecule has 4 nitrogen and oxygen atoms in total. The summed E-state index contributed by atoms with van der Waals surface area (Å²) < 4.78 is 0. The van der Waals surface area contributed by atoms with E-state index >= 15 is 0 Å². The van der Waals surface area contributed by atoms with Crippen LogP contribution in [0.3, 0.4) is 0 Å². The van der Waals surface area contributed by atoms with E-state index in [2.05, 4.69) is 4.98 Å². The average Bonchev–Trinajstić information content (AvgIpc) is 3.12. The molecule has 1 aliphatic rings. The van der Waals surface area contributed by atoms with Crippen LogP contribution < -0.4 is 0 Å². The largest absolute Gasteiger partial charge is 0.396 e. The van der Waals surface area contributed by atoms with Crippen LogP contribution in [0.2, 0.25) is 5.02 Å². The van der Waals surface area contributed by atoms with Crippen LogP contribution in [0.15, 0.2) is 24.4 Å². The number of likely N-dealkylation sites (tertiary alicyclic amines) is 1. The molecule has 2 aromatic rings. The van der Waals surface area contributed by atoms with E-state index in [4.69, 9.17) is 16.7 Å². The van der Waals surface area contributed by atoms with Crippen molar-refractivity contribution in [3.8, 4) is 0 Å². The zero-order chi connectivity index (χ0) is 15.5. The first-order valence-corrected chi connectivity index (χ1v) is 8.22. The van der Waals surface area contributed by atoms with Crippen molar-refractivity contribution < 1.29 is 9.90 Å². The normalized spacial score (nSPS) is 18.3. The number of aromatic amines is 1. The summed E-state index contributed by atoms with van der Waals surface area (Å²) in [6, 6.07) is 5.99. The Kier molecular flexibility index (Phi) is 4.69. The van der Waals surface area contributed by atoms with Crippen LogP contribution in [0, 0.1) is 0 Å². The smallest absolute Gasteiger partial charge is 0.227 e. The highest BCUT2D eigenvalue weighted by Crippen LogP contribution is 2.25. The summed E-state index contributed by atoms with van der Waals surface area (Å²) in [6.07, 6.45) is 6.08. The molecule has 1 aromatic carbocycles. The molecule has 1 atom stereocenters. The van der Waals surface area contributed by atoms with Gasteiger partial charge >= 0.3 is 0 Å². The molecule has 2 N–H and O–H groups in total. The van der Waals surface area contributed by atoms with Crippen molar-refractivity contribution in [3.63, 3.8) is 0 Å². The Hall–Kier alpha value is -1.52. The number of carbonyl (C=O) groups is 1. The molecule has 3 rings (SSSR count). The van der Waals surface area contributed by atoms with Crippen molar-refractivity contribution in [2.45, 2.75) is 38.1 Å². The Balaban J connectivity index is 1.72. The van der Waals surface area contributed by atoms with Crippen LogP contribution in [0.25, 0.3) is 10.9 Å². The van der Waals surface area contributed by atoms with Gasteiger partial charge in [-0.3, -0.25) is 4.79 Å². The number of hydrogen-bond acceptors (Lipinski definition) is 2. The molecule has 0 saturated carbocycles. The van der Waals surface area contributed by atoms with Gasteiger partial charge in [0, 0.05) is 41.3 Å². The van der Waals surface area contributed by atoms with Crippen LogP contribution in [0.1, 0.15) is 31.2 Å². The summed E-state index contributed by atoms with van der Waals surface area (Å²) in [5.41, 5.74) is 1.98. The van der Waals surface area contributed by atoms with E-state index in [9.17, 15) is 4.79 Å². The molecule has 118 valence electrons. The Morgan fingerprint density at radius 3 is 3.14 bits per heavy atom. The number of nitrogens with zero attached hydrogens (tertiary/aromatic N) is 1. The Morgan fingerprint density at radius 2 is 2.32 bits per heavy atom. The fourth-order valence-corrected chi connectivity index (χ4v) is 3.53. The van der Waals surface area contributed by atoms with Gasteiger partial charge in [-0.05, 0) is 43.4 Å². The number of halogens is 1. The van der Waals surface area contributed by atoms with E-state index < -0.39 is 0 Å². The monoisotopic (exact) mass is 320 g/mol. The lowest BCUT2D eigenvalue weighted by Gasteiger charge is -2.24. The number of amides is 1. The molecule has 0 radical (unpaired) electrons. The topological polar surface area (TPSA) is 56.3 Å². The quantitative estimate of drug-likeness (QED) is 0.889. The molecule has 1 fully saturated rings. The SMILES string of the molecule is O=C(Cc1c[nH]c2cc(Cl)ccc12)N1CCCC1CCCO. The third-order valence-corrected chi connectivity index (χ3v) is 4.70. The number of rotatable bonds is 5. The summed E-state index contributed by atoms with van der Waals surface area (Å²) in [4.78, 5) is 17.8. The molecule has 22 heavy (non-hydrogen) atoms. The molecule has 2 heterocycles.